The highest BCUT2D eigenvalue weighted by Gasteiger charge is 2.33. The molecule has 2 amide bonds. The lowest BCUT2D eigenvalue weighted by molar-refractivity contribution is -0.128. The summed E-state index contributed by atoms with van der Waals surface area (Å²) < 4.78 is 3.22. The van der Waals surface area contributed by atoms with Crippen LogP contribution in [0.3, 0.4) is 0 Å². The minimum atomic E-state index is -0.487. The van der Waals surface area contributed by atoms with Crippen molar-refractivity contribution in [1.29, 1.82) is 0 Å². The van der Waals surface area contributed by atoms with Crippen molar-refractivity contribution in [2.24, 2.45) is 0 Å². The molecule has 0 spiro atoms. The van der Waals surface area contributed by atoms with Crippen LogP contribution in [-0.4, -0.2) is 32.9 Å². The van der Waals surface area contributed by atoms with Gasteiger partial charge in [-0.2, -0.15) is 0 Å². The molecule has 156 valence electrons. The minimum Gasteiger partial charge on any atom is -0.340 e. The largest absolute Gasteiger partial charge is 0.340 e. The Labute approximate surface area is 194 Å². The number of para-hydroxylation sites is 1. The van der Waals surface area contributed by atoms with Gasteiger partial charge in [0.05, 0.1) is 0 Å². The van der Waals surface area contributed by atoms with E-state index in [4.69, 9.17) is 12.2 Å². The van der Waals surface area contributed by atoms with Crippen molar-refractivity contribution in [1.82, 2.24) is 14.8 Å². The summed E-state index contributed by atoms with van der Waals surface area (Å²) in [6, 6.07) is 16.2. The molecule has 4 rings (SSSR count). The zero-order chi connectivity index (χ0) is 22.1. The molecule has 1 aromatic heterocycles. The molecule has 2 aromatic carbocycles. The molecule has 0 atom stereocenters. The average Bonchev–Trinajstić information content (AvgIpc) is 3.01. The second-order valence-corrected chi connectivity index (χ2v) is 8.55. The third-order valence-electron chi connectivity index (χ3n) is 5.32. The van der Waals surface area contributed by atoms with E-state index in [1.54, 1.807) is 12.2 Å². The van der Waals surface area contributed by atoms with Crippen molar-refractivity contribution < 1.29 is 9.59 Å². The summed E-state index contributed by atoms with van der Waals surface area (Å²) in [6.45, 7) is 6.58. The summed E-state index contributed by atoms with van der Waals surface area (Å²) in [5, 5.41) is 3.68. The Hall–Kier alpha value is -3.03. The molecule has 7 heteroatoms. The molecule has 1 fully saturated rings. The number of carbonyl (C=O) groups is 2. The van der Waals surface area contributed by atoms with Crippen LogP contribution >= 0.6 is 28.1 Å². The first-order valence-corrected chi connectivity index (χ1v) is 10.9. The van der Waals surface area contributed by atoms with Crippen LogP contribution in [0.2, 0.25) is 0 Å². The Balaban J connectivity index is 1.82. The topological polar surface area (TPSA) is 54.3 Å². The van der Waals surface area contributed by atoms with Crippen LogP contribution < -0.4 is 5.32 Å². The van der Waals surface area contributed by atoms with Gasteiger partial charge in [-0.25, -0.2) is 0 Å². The number of thiocarbonyl (C=S) groups is 1. The zero-order valence-electron chi connectivity index (χ0n) is 16.9. The number of hydrogen-bond donors (Lipinski definition) is 1. The molecule has 0 radical (unpaired) electrons. The first-order chi connectivity index (χ1) is 14.9. The molecule has 3 aromatic rings. The van der Waals surface area contributed by atoms with E-state index in [-0.39, 0.29) is 17.2 Å². The van der Waals surface area contributed by atoms with Gasteiger partial charge in [-0.05, 0) is 49.0 Å². The molecule has 0 saturated carbocycles. The lowest BCUT2D eigenvalue weighted by Gasteiger charge is -2.27. The number of halogens is 1. The lowest BCUT2D eigenvalue weighted by atomic mass is 10.0. The molecule has 0 unspecified atom stereocenters. The van der Waals surface area contributed by atoms with Crippen LogP contribution in [0.1, 0.15) is 16.8 Å². The molecule has 0 bridgehead atoms. The quantitative estimate of drug-likeness (QED) is 0.245. The molecule has 1 aliphatic rings. The predicted molar refractivity (Wildman–Crippen MR) is 131 cm³/mol. The number of hydrogen-bond acceptors (Lipinski definition) is 3. The zero-order valence-corrected chi connectivity index (χ0v) is 19.3. The van der Waals surface area contributed by atoms with Crippen molar-refractivity contribution in [2.75, 3.05) is 6.54 Å². The fourth-order valence-electron chi connectivity index (χ4n) is 3.75. The number of amides is 2. The van der Waals surface area contributed by atoms with Crippen molar-refractivity contribution in [3.05, 3.63) is 88.1 Å². The third kappa shape index (κ3) is 3.98. The highest BCUT2D eigenvalue weighted by molar-refractivity contribution is 9.10. The van der Waals surface area contributed by atoms with E-state index < -0.39 is 11.8 Å². The number of aromatic nitrogens is 1. The van der Waals surface area contributed by atoms with Crippen LogP contribution in [0.5, 0.6) is 0 Å². The van der Waals surface area contributed by atoms with Gasteiger partial charge in [-0.15, -0.1) is 6.58 Å². The normalized spacial score (nSPS) is 15.6. The summed E-state index contributed by atoms with van der Waals surface area (Å²) in [5.41, 5.74) is 4.07. The van der Waals surface area contributed by atoms with Gasteiger partial charge in [0.1, 0.15) is 5.57 Å². The highest BCUT2D eigenvalue weighted by Crippen LogP contribution is 2.30. The molecule has 0 aliphatic carbocycles. The van der Waals surface area contributed by atoms with E-state index in [1.165, 1.54) is 4.90 Å². The van der Waals surface area contributed by atoms with Gasteiger partial charge in [0.15, 0.2) is 5.11 Å². The van der Waals surface area contributed by atoms with Gasteiger partial charge in [0.2, 0.25) is 0 Å². The molecule has 1 aliphatic heterocycles. The number of nitrogens with one attached hydrogen (secondary N) is 1. The first kappa shape index (κ1) is 21.2. The van der Waals surface area contributed by atoms with Gasteiger partial charge in [-0.1, -0.05) is 52.3 Å². The third-order valence-corrected chi connectivity index (χ3v) is 6.17. The van der Waals surface area contributed by atoms with E-state index in [0.717, 1.165) is 32.2 Å². The molecule has 31 heavy (non-hydrogen) atoms. The number of rotatable bonds is 5. The van der Waals surface area contributed by atoms with Gasteiger partial charge in [0.25, 0.3) is 11.8 Å². The molecular weight excluding hydrogens is 474 g/mol. The Morgan fingerprint density at radius 3 is 2.55 bits per heavy atom. The second kappa shape index (κ2) is 8.61. The summed E-state index contributed by atoms with van der Waals surface area (Å²) in [5.74, 6) is -0.905. The fraction of sp³-hybridized carbons (Fsp3) is 0.125. The lowest BCUT2D eigenvalue weighted by Crippen LogP contribution is -2.53. The van der Waals surface area contributed by atoms with Crippen LogP contribution in [0.25, 0.3) is 17.0 Å². The molecular formula is C24H20BrN3O2S. The average molecular weight is 494 g/mol. The number of nitrogens with zero attached hydrogens (tertiary/aromatic N) is 2. The molecule has 1 saturated heterocycles. The summed E-state index contributed by atoms with van der Waals surface area (Å²) in [6.07, 6.45) is 3.25. The fourth-order valence-corrected chi connectivity index (χ4v) is 4.26. The van der Waals surface area contributed by atoms with E-state index in [0.29, 0.717) is 6.54 Å². The van der Waals surface area contributed by atoms with Gasteiger partial charge < -0.3 is 4.57 Å². The standard InChI is InChI=1S/C24H20BrN3O2S/c1-3-12-27-23(30)20(22(29)26-24(27)31)13-19-15(2)28(21-7-5-4-6-18(19)21)14-16-8-10-17(25)11-9-16/h3-11,13H,1,12,14H2,2H3,(H,26,29,31)/b20-13+. The Bertz CT molecular complexity index is 1260. The summed E-state index contributed by atoms with van der Waals surface area (Å²) in [4.78, 5) is 26.9. The minimum absolute atomic E-state index is 0.0603. The van der Waals surface area contributed by atoms with Crippen LogP contribution in [0, 0.1) is 6.92 Å². The Kier molecular flexibility index (Phi) is 5.89. The molecule has 1 N–H and O–H groups in total. The first-order valence-electron chi connectivity index (χ1n) is 9.72. The maximum Gasteiger partial charge on any atom is 0.265 e. The van der Waals surface area contributed by atoms with Gasteiger partial charge in [-0.3, -0.25) is 19.8 Å². The predicted octanol–water partition coefficient (Wildman–Crippen LogP) is 4.57. The van der Waals surface area contributed by atoms with E-state index in [9.17, 15) is 9.59 Å². The van der Waals surface area contributed by atoms with Gasteiger partial charge in [0, 0.05) is 39.7 Å². The maximum atomic E-state index is 13.0. The highest BCUT2D eigenvalue weighted by atomic mass is 79.9. The maximum absolute atomic E-state index is 13.0. The van der Waals surface area contributed by atoms with Crippen molar-refractivity contribution in [2.45, 2.75) is 13.5 Å². The smallest absolute Gasteiger partial charge is 0.265 e. The number of benzene rings is 2. The van der Waals surface area contributed by atoms with E-state index in [2.05, 4.69) is 44.5 Å². The van der Waals surface area contributed by atoms with E-state index >= 15 is 0 Å². The molecule has 2 heterocycles. The van der Waals surface area contributed by atoms with Crippen molar-refractivity contribution >= 4 is 62.1 Å². The summed E-state index contributed by atoms with van der Waals surface area (Å²) in [7, 11) is 0. The van der Waals surface area contributed by atoms with Crippen LogP contribution in [0.4, 0.5) is 0 Å². The van der Waals surface area contributed by atoms with Gasteiger partial charge >= 0.3 is 0 Å². The summed E-state index contributed by atoms with van der Waals surface area (Å²) >= 11 is 8.62. The van der Waals surface area contributed by atoms with E-state index in [1.807, 2.05) is 43.3 Å². The molecule has 5 nitrogen and oxygen atoms in total. The van der Waals surface area contributed by atoms with Crippen molar-refractivity contribution in [3.8, 4) is 0 Å². The monoisotopic (exact) mass is 493 g/mol. The van der Waals surface area contributed by atoms with Crippen LogP contribution in [-0.2, 0) is 16.1 Å². The number of carbonyl (C=O) groups excluding carboxylic acids is 2. The Morgan fingerprint density at radius 1 is 1.13 bits per heavy atom. The number of fused-ring (bicyclic) bond motifs is 1. The Morgan fingerprint density at radius 2 is 1.84 bits per heavy atom. The second-order valence-electron chi connectivity index (χ2n) is 7.25. The van der Waals surface area contributed by atoms with Crippen molar-refractivity contribution in [3.63, 3.8) is 0 Å². The van der Waals surface area contributed by atoms with Crippen LogP contribution in [0.15, 0.2) is 71.2 Å². The SMILES string of the molecule is C=CCN1C(=O)/C(=C/c2c(C)n(Cc3ccc(Br)cc3)c3ccccc23)C(=O)NC1=S.